The Morgan fingerprint density at radius 3 is 2.90 bits per heavy atom. The van der Waals surface area contributed by atoms with E-state index in [-0.39, 0.29) is 12.5 Å². The summed E-state index contributed by atoms with van der Waals surface area (Å²) in [6.07, 6.45) is 3.77. The monoisotopic (exact) mass is 287 g/mol. The molecule has 0 spiro atoms. The average molecular weight is 287 g/mol. The molecular formula is C15H21N5O. The summed E-state index contributed by atoms with van der Waals surface area (Å²) in [7, 11) is 1.98. The fourth-order valence-corrected chi connectivity index (χ4v) is 2.92. The molecule has 112 valence electrons. The highest BCUT2D eigenvalue weighted by Gasteiger charge is 2.22. The number of nitrogens with zero attached hydrogens (tertiary/aromatic N) is 4. The minimum absolute atomic E-state index is 0.125. The molecule has 1 N–H and O–H groups in total. The van der Waals surface area contributed by atoms with E-state index in [0.717, 1.165) is 42.7 Å². The first-order valence-electron chi connectivity index (χ1n) is 7.42. The fourth-order valence-electron chi connectivity index (χ4n) is 2.92. The van der Waals surface area contributed by atoms with E-state index in [1.165, 1.54) is 0 Å². The Hall–Kier alpha value is -1.95. The third-order valence-electron chi connectivity index (χ3n) is 4.23. The van der Waals surface area contributed by atoms with Gasteiger partial charge in [0.25, 0.3) is 0 Å². The molecule has 0 unspecified atom stereocenters. The van der Waals surface area contributed by atoms with Crippen LogP contribution >= 0.6 is 0 Å². The molecule has 0 radical (unpaired) electrons. The van der Waals surface area contributed by atoms with Crippen molar-refractivity contribution in [3.63, 3.8) is 0 Å². The largest absolute Gasteiger partial charge is 0.341 e. The van der Waals surface area contributed by atoms with E-state index in [0.29, 0.717) is 6.04 Å². The van der Waals surface area contributed by atoms with Crippen LogP contribution in [0.4, 0.5) is 0 Å². The second kappa shape index (κ2) is 5.81. The van der Waals surface area contributed by atoms with Crippen LogP contribution in [-0.2, 0) is 11.3 Å². The van der Waals surface area contributed by atoms with E-state index in [1.54, 1.807) is 10.9 Å². The average Bonchev–Trinajstić information content (AvgIpc) is 2.84. The number of pyridine rings is 1. The highest BCUT2D eigenvalue weighted by Crippen LogP contribution is 2.16. The summed E-state index contributed by atoms with van der Waals surface area (Å²) in [6.45, 7) is 3.85. The Kier molecular flexibility index (Phi) is 3.88. The number of nitrogens with one attached hydrogen (secondary N) is 1. The Bertz CT molecular complexity index is 643. The highest BCUT2D eigenvalue weighted by molar-refractivity contribution is 5.81. The van der Waals surface area contributed by atoms with Crippen molar-refractivity contribution in [2.75, 3.05) is 20.1 Å². The van der Waals surface area contributed by atoms with Gasteiger partial charge in [0, 0.05) is 30.7 Å². The second-order valence-electron chi connectivity index (χ2n) is 5.56. The van der Waals surface area contributed by atoms with Gasteiger partial charge in [0.15, 0.2) is 5.65 Å². The lowest BCUT2D eigenvalue weighted by atomic mass is 10.1. The number of rotatable bonds is 3. The molecule has 1 amide bonds. The number of likely N-dealkylation sites (tertiary alicyclic amines) is 1. The third kappa shape index (κ3) is 2.76. The number of amides is 1. The van der Waals surface area contributed by atoms with Crippen LogP contribution in [0.25, 0.3) is 11.0 Å². The maximum absolute atomic E-state index is 12.4. The lowest BCUT2D eigenvalue weighted by Crippen LogP contribution is -2.45. The maximum atomic E-state index is 12.4. The van der Waals surface area contributed by atoms with Gasteiger partial charge >= 0.3 is 0 Å². The van der Waals surface area contributed by atoms with Crippen molar-refractivity contribution < 1.29 is 4.79 Å². The summed E-state index contributed by atoms with van der Waals surface area (Å²) >= 11 is 0. The molecule has 0 saturated carbocycles. The van der Waals surface area contributed by atoms with E-state index in [9.17, 15) is 4.79 Å². The SMILES string of the molecule is CNC1CCN(C(=O)Cn2nc(C)c3cccnc32)CC1. The Labute approximate surface area is 124 Å². The minimum atomic E-state index is 0.125. The molecule has 0 aromatic carbocycles. The standard InChI is InChI=1S/C15H21N5O/c1-11-13-4-3-7-17-15(13)20(18-11)10-14(21)19-8-5-12(16-2)6-9-19/h3-4,7,12,16H,5-6,8-10H2,1-2H3. The molecule has 1 aliphatic heterocycles. The van der Waals surface area contributed by atoms with Crippen LogP contribution in [0.2, 0.25) is 0 Å². The molecule has 1 aliphatic rings. The molecule has 2 aromatic rings. The first kappa shape index (κ1) is 14.0. The number of hydrogen-bond donors (Lipinski definition) is 1. The number of hydrogen-bond acceptors (Lipinski definition) is 4. The lowest BCUT2D eigenvalue weighted by molar-refractivity contribution is -0.133. The summed E-state index contributed by atoms with van der Waals surface area (Å²) in [5.41, 5.74) is 1.70. The van der Waals surface area contributed by atoms with Crippen molar-refractivity contribution in [2.24, 2.45) is 0 Å². The lowest BCUT2D eigenvalue weighted by Gasteiger charge is -2.31. The molecule has 2 aromatic heterocycles. The molecular weight excluding hydrogens is 266 g/mol. The van der Waals surface area contributed by atoms with Gasteiger partial charge in [0.1, 0.15) is 6.54 Å². The summed E-state index contributed by atoms with van der Waals surface area (Å²) in [5, 5.41) is 8.74. The zero-order chi connectivity index (χ0) is 14.8. The Balaban J connectivity index is 1.72. The zero-order valence-electron chi connectivity index (χ0n) is 12.5. The number of fused-ring (bicyclic) bond motifs is 1. The van der Waals surface area contributed by atoms with Crippen LogP contribution in [-0.4, -0.2) is 51.8 Å². The van der Waals surface area contributed by atoms with E-state index < -0.39 is 0 Å². The van der Waals surface area contributed by atoms with E-state index in [1.807, 2.05) is 31.0 Å². The van der Waals surface area contributed by atoms with Crippen molar-refractivity contribution in [1.29, 1.82) is 0 Å². The molecule has 3 heterocycles. The van der Waals surface area contributed by atoms with Gasteiger partial charge in [-0.3, -0.25) is 4.79 Å². The molecule has 0 aliphatic carbocycles. The summed E-state index contributed by atoms with van der Waals surface area (Å²) in [5.74, 6) is 0.125. The van der Waals surface area contributed by atoms with Gasteiger partial charge < -0.3 is 10.2 Å². The van der Waals surface area contributed by atoms with Crippen molar-refractivity contribution in [3.8, 4) is 0 Å². The van der Waals surface area contributed by atoms with Crippen LogP contribution in [0.1, 0.15) is 18.5 Å². The third-order valence-corrected chi connectivity index (χ3v) is 4.23. The Morgan fingerprint density at radius 1 is 1.43 bits per heavy atom. The molecule has 3 rings (SSSR count). The second-order valence-corrected chi connectivity index (χ2v) is 5.56. The quantitative estimate of drug-likeness (QED) is 0.913. The predicted octanol–water partition coefficient (Wildman–Crippen LogP) is 0.950. The zero-order valence-corrected chi connectivity index (χ0v) is 12.5. The molecule has 21 heavy (non-hydrogen) atoms. The molecule has 0 atom stereocenters. The van der Waals surface area contributed by atoms with Gasteiger partial charge in [0.2, 0.25) is 5.91 Å². The first-order valence-corrected chi connectivity index (χ1v) is 7.42. The summed E-state index contributed by atoms with van der Waals surface area (Å²) in [4.78, 5) is 18.7. The van der Waals surface area contributed by atoms with Crippen LogP contribution in [0.5, 0.6) is 0 Å². The topological polar surface area (TPSA) is 63.1 Å². The van der Waals surface area contributed by atoms with E-state index >= 15 is 0 Å². The van der Waals surface area contributed by atoms with Crippen LogP contribution in [0.15, 0.2) is 18.3 Å². The normalized spacial score (nSPS) is 16.6. The smallest absolute Gasteiger partial charge is 0.244 e. The van der Waals surface area contributed by atoms with E-state index in [4.69, 9.17) is 0 Å². The first-order chi connectivity index (χ1) is 10.2. The van der Waals surface area contributed by atoms with Crippen LogP contribution in [0.3, 0.4) is 0 Å². The number of carbonyl (C=O) groups excluding carboxylic acids is 1. The molecule has 1 fully saturated rings. The molecule has 1 saturated heterocycles. The highest BCUT2D eigenvalue weighted by atomic mass is 16.2. The van der Waals surface area contributed by atoms with E-state index in [2.05, 4.69) is 15.4 Å². The van der Waals surface area contributed by atoms with Gasteiger partial charge in [0.05, 0.1) is 5.69 Å². The summed E-state index contributed by atoms with van der Waals surface area (Å²) < 4.78 is 1.72. The van der Waals surface area contributed by atoms with Crippen molar-refractivity contribution in [2.45, 2.75) is 32.4 Å². The number of carbonyl (C=O) groups is 1. The minimum Gasteiger partial charge on any atom is -0.341 e. The van der Waals surface area contributed by atoms with Gasteiger partial charge in [-0.2, -0.15) is 5.10 Å². The molecule has 6 heteroatoms. The van der Waals surface area contributed by atoms with Crippen LogP contribution < -0.4 is 5.32 Å². The van der Waals surface area contributed by atoms with Gasteiger partial charge in [-0.15, -0.1) is 0 Å². The number of aromatic nitrogens is 3. The molecule has 6 nitrogen and oxygen atoms in total. The van der Waals surface area contributed by atoms with Crippen molar-refractivity contribution in [1.82, 2.24) is 25.0 Å². The predicted molar refractivity (Wildman–Crippen MR) is 80.9 cm³/mol. The van der Waals surface area contributed by atoms with Crippen molar-refractivity contribution >= 4 is 16.9 Å². The number of piperidine rings is 1. The summed E-state index contributed by atoms with van der Waals surface area (Å²) in [6, 6.07) is 4.42. The molecule has 0 bridgehead atoms. The van der Waals surface area contributed by atoms with Gasteiger partial charge in [-0.25, -0.2) is 9.67 Å². The van der Waals surface area contributed by atoms with Gasteiger partial charge in [-0.05, 0) is 38.9 Å². The number of aryl methyl sites for hydroxylation is 1. The maximum Gasteiger partial charge on any atom is 0.244 e. The Morgan fingerprint density at radius 2 is 2.19 bits per heavy atom. The van der Waals surface area contributed by atoms with Crippen molar-refractivity contribution in [3.05, 3.63) is 24.0 Å². The van der Waals surface area contributed by atoms with Crippen LogP contribution in [0, 0.1) is 6.92 Å². The fraction of sp³-hybridized carbons (Fsp3) is 0.533. The van der Waals surface area contributed by atoms with Gasteiger partial charge in [-0.1, -0.05) is 0 Å².